The summed E-state index contributed by atoms with van der Waals surface area (Å²) in [4.78, 5) is 19.9. The first-order chi connectivity index (χ1) is 14.7. The zero-order valence-corrected chi connectivity index (χ0v) is 17.2. The molecule has 2 N–H and O–H groups in total. The molecular weight excluding hydrogens is 402 g/mol. The molecule has 8 nitrogen and oxygen atoms in total. The molecule has 1 amide bonds. The molecule has 0 spiro atoms. The SMILES string of the molecule is COc1ccccc1CNC(=O)CSc1nnc(CCc2nc3ccccc3[nH]2)o1. The number of aromatic nitrogens is 4. The molecule has 0 atom stereocenters. The number of amides is 1. The number of imidazole rings is 1. The van der Waals surface area contributed by atoms with Gasteiger partial charge in [0.2, 0.25) is 11.8 Å². The monoisotopic (exact) mass is 423 g/mol. The van der Waals surface area contributed by atoms with Crippen LogP contribution in [0.15, 0.2) is 58.2 Å². The third kappa shape index (κ3) is 4.98. The number of fused-ring (bicyclic) bond motifs is 1. The molecule has 4 rings (SSSR count). The molecule has 0 aliphatic rings. The van der Waals surface area contributed by atoms with E-state index in [1.807, 2.05) is 48.5 Å². The summed E-state index contributed by atoms with van der Waals surface area (Å²) in [5.41, 5.74) is 2.87. The van der Waals surface area contributed by atoms with E-state index in [9.17, 15) is 4.79 Å². The van der Waals surface area contributed by atoms with Crippen LogP contribution in [0.2, 0.25) is 0 Å². The Morgan fingerprint density at radius 2 is 1.97 bits per heavy atom. The highest BCUT2D eigenvalue weighted by atomic mass is 32.2. The van der Waals surface area contributed by atoms with Gasteiger partial charge in [-0.3, -0.25) is 4.79 Å². The van der Waals surface area contributed by atoms with Crippen LogP contribution >= 0.6 is 11.8 Å². The quantitative estimate of drug-likeness (QED) is 0.398. The highest BCUT2D eigenvalue weighted by Crippen LogP contribution is 2.19. The molecule has 0 aliphatic heterocycles. The zero-order chi connectivity index (χ0) is 20.8. The van der Waals surface area contributed by atoms with Crippen LogP contribution in [0.1, 0.15) is 17.3 Å². The van der Waals surface area contributed by atoms with Crippen molar-refractivity contribution in [1.29, 1.82) is 0 Å². The Labute approximate surface area is 177 Å². The number of benzene rings is 2. The number of ether oxygens (including phenoxy) is 1. The number of carbonyl (C=O) groups excluding carboxylic acids is 1. The van der Waals surface area contributed by atoms with Crippen molar-refractivity contribution in [3.63, 3.8) is 0 Å². The molecule has 2 aromatic carbocycles. The lowest BCUT2D eigenvalue weighted by atomic mass is 10.2. The number of hydrogen-bond acceptors (Lipinski definition) is 7. The minimum atomic E-state index is -0.118. The van der Waals surface area contributed by atoms with Crippen molar-refractivity contribution in [3.8, 4) is 5.75 Å². The van der Waals surface area contributed by atoms with Crippen LogP contribution in [0.4, 0.5) is 0 Å². The van der Waals surface area contributed by atoms with E-state index in [4.69, 9.17) is 9.15 Å². The number of nitrogens with one attached hydrogen (secondary N) is 2. The summed E-state index contributed by atoms with van der Waals surface area (Å²) in [5, 5.41) is 11.3. The van der Waals surface area contributed by atoms with Gasteiger partial charge in [-0.1, -0.05) is 42.1 Å². The van der Waals surface area contributed by atoms with Crippen molar-refractivity contribution in [1.82, 2.24) is 25.5 Å². The molecule has 154 valence electrons. The van der Waals surface area contributed by atoms with Gasteiger partial charge in [0.05, 0.1) is 23.9 Å². The maximum Gasteiger partial charge on any atom is 0.277 e. The smallest absolute Gasteiger partial charge is 0.277 e. The molecule has 4 aromatic rings. The number of rotatable bonds is 9. The molecule has 2 aromatic heterocycles. The molecule has 0 bridgehead atoms. The van der Waals surface area contributed by atoms with Crippen LogP contribution in [-0.4, -0.2) is 38.9 Å². The first-order valence-corrected chi connectivity index (χ1v) is 10.5. The topological polar surface area (TPSA) is 106 Å². The third-order valence-electron chi connectivity index (χ3n) is 4.46. The number of carbonyl (C=O) groups is 1. The molecule has 0 fully saturated rings. The largest absolute Gasteiger partial charge is 0.496 e. The maximum absolute atomic E-state index is 12.1. The van der Waals surface area contributed by atoms with E-state index in [1.165, 1.54) is 11.8 Å². The predicted octanol–water partition coefficient (Wildman–Crippen LogP) is 3.15. The van der Waals surface area contributed by atoms with Crippen molar-refractivity contribution in [2.45, 2.75) is 24.6 Å². The minimum Gasteiger partial charge on any atom is -0.496 e. The van der Waals surface area contributed by atoms with Crippen LogP contribution < -0.4 is 10.1 Å². The summed E-state index contributed by atoms with van der Waals surface area (Å²) >= 11 is 1.21. The second kappa shape index (κ2) is 9.45. The summed E-state index contributed by atoms with van der Waals surface area (Å²) in [6.45, 7) is 0.399. The molecule has 0 saturated carbocycles. The second-order valence-corrected chi connectivity index (χ2v) is 7.47. The number of hydrogen-bond donors (Lipinski definition) is 2. The fourth-order valence-corrected chi connectivity index (χ4v) is 3.58. The minimum absolute atomic E-state index is 0.118. The summed E-state index contributed by atoms with van der Waals surface area (Å²) in [6.07, 6.45) is 1.24. The number of H-pyrrole nitrogens is 1. The first-order valence-electron chi connectivity index (χ1n) is 9.48. The van der Waals surface area contributed by atoms with Gasteiger partial charge in [0.1, 0.15) is 11.6 Å². The normalized spacial score (nSPS) is 11.0. The lowest BCUT2D eigenvalue weighted by Gasteiger charge is -2.08. The summed E-state index contributed by atoms with van der Waals surface area (Å²) in [5.74, 6) is 2.22. The van der Waals surface area contributed by atoms with Crippen LogP contribution in [0.25, 0.3) is 11.0 Å². The fourth-order valence-electron chi connectivity index (χ4n) is 2.97. The Morgan fingerprint density at radius 3 is 2.83 bits per heavy atom. The second-order valence-electron chi connectivity index (χ2n) is 6.54. The number of aromatic amines is 1. The Bertz CT molecular complexity index is 1110. The van der Waals surface area contributed by atoms with E-state index in [-0.39, 0.29) is 11.7 Å². The van der Waals surface area contributed by atoms with E-state index in [2.05, 4.69) is 25.5 Å². The Hall–Kier alpha value is -3.33. The third-order valence-corrected chi connectivity index (χ3v) is 5.28. The number of methoxy groups -OCH3 is 1. The first kappa shape index (κ1) is 20.0. The highest BCUT2D eigenvalue weighted by Gasteiger charge is 2.11. The van der Waals surface area contributed by atoms with Crippen molar-refractivity contribution >= 4 is 28.7 Å². The van der Waals surface area contributed by atoms with Crippen LogP contribution in [-0.2, 0) is 24.2 Å². The Balaban J connectivity index is 1.23. The molecule has 30 heavy (non-hydrogen) atoms. The molecular formula is C21H21N5O3S. The average molecular weight is 423 g/mol. The van der Waals surface area contributed by atoms with E-state index in [0.717, 1.165) is 28.2 Å². The maximum atomic E-state index is 12.1. The summed E-state index contributed by atoms with van der Waals surface area (Å²) < 4.78 is 10.9. The van der Waals surface area contributed by atoms with E-state index >= 15 is 0 Å². The number of nitrogens with zero attached hydrogens (tertiary/aromatic N) is 3. The summed E-state index contributed by atoms with van der Waals surface area (Å²) in [6, 6.07) is 15.5. The molecule has 2 heterocycles. The molecule has 0 unspecified atom stereocenters. The number of para-hydroxylation sites is 3. The Morgan fingerprint density at radius 1 is 1.13 bits per heavy atom. The standard InChI is InChI=1S/C21H21N5O3S/c1-28-17-9-5-2-6-14(17)12-22-19(27)13-30-21-26-25-20(29-21)11-10-18-23-15-7-3-4-8-16(15)24-18/h2-9H,10-13H2,1H3,(H,22,27)(H,23,24). The van der Waals surface area contributed by atoms with Crippen molar-refractivity contribution in [2.75, 3.05) is 12.9 Å². The van der Waals surface area contributed by atoms with Gasteiger partial charge in [0.25, 0.3) is 5.22 Å². The zero-order valence-electron chi connectivity index (χ0n) is 16.4. The van der Waals surface area contributed by atoms with Gasteiger partial charge < -0.3 is 19.5 Å². The van der Waals surface area contributed by atoms with Gasteiger partial charge in [-0.15, -0.1) is 10.2 Å². The van der Waals surface area contributed by atoms with E-state index in [0.29, 0.717) is 30.5 Å². The summed E-state index contributed by atoms with van der Waals surface area (Å²) in [7, 11) is 1.61. The molecule has 0 radical (unpaired) electrons. The van der Waals surface area contributed by atoms with Crippen LogP contribution in [0, 0.1) is 0 Å². The van der Waals surface area contributed by atoms with Gasteiger partial charge in [0, 0.05) is 24.9 Å². The van der Waals surface area contributed by atoms with Crippen LogP contribution in [0.5, 0.6) is 5.75 Å². The van der Waals surface area contributed by atoms with E-state index in [1.54, 1.807) is 7.11 Å². The van der Waals surface area contributed by atoms with Gasteiger partial charge in [-0.2, -0.15) is 0 Å². The van der Waals surface area contributed by atoms with Crippen molar-refractivity contribution < 1.29 is 13.9 Å². The fraction of sp³-hybridized carbons (Fsp3) is 0.238. The lowest BCUT2D eigenvalue weighted by molar-refractivity contribution is -0.118. The average Bonchev–Trinajstić information content (AvgIpc) is 3.41. The van der Waals surface area contributed by atoms with Crippen LogP contribution in [0.3, 0.4) is 0 Å². The molecule has 0 saturated heterocycles. The van der Waals surface area contributed by atoms with Gasteiger partial charge in [0.15, 0.2) is 0 Å². The highest BCUT2D eigenvalue weighted by molar-refractivity contribution is 7.99. The number of thioether (sulfide) groups is 1. The van der Waals surface area contributed by atoms with Crippen molar-refractivity contribution in [3.05, 3.63) is 65.8 Å². The molecule has 9 heteroatoms. The lowest BCUT2D eigenvalue weighted by Crippen LogP contribution is -2.24. The van der Waals surface area contributed by atoms with Crippen molar-refractivity contribution in [2.24, 2.45) is 0 Å². The molecule has 0 aliphatic carbocycles. The Kier molecular flexibility index (Phi) is 6.29. The van der Waals surface area contributed by atoms with Gasteiger partial charge in [-0.25, -0.2) is 4.98 Å². The van der Waals surface area contributed by atoms with E-state index < -0.39 is 0 Å². The number of aryl methyl sites for hydroxylation is 2. The van der Waals surface area contributed by atoms with Gasteiger partial charge in [-0.05, 0) is 18.2 Å². The van der Waals surface area contributed by atoms with Gasteiger partial charge >= 0.3 is 0 Å². The predicted molar refractivity (Wildman–Crippen MR) is 113 cm³/mol.